The second kappa shape index (κ2) is 4.76. The standard InChI is InChI=1S/C11H10N6OS2/c1-19-11-16-15-10(20-11)5-2-7-8(12)6(9(13)18)3-14-17(7)4-5/h2-4H,12H2,1H3,(H2,13,18). The minimum atomic E-state index is -0.596. The predicted octanol–water partition coefficient (Wildman–Crippen LogP) is 1.26. The van der Waals surface area contributed by atoms with E-state index in [1.165, 1.54) is 29.3 Å². The summed E-state index contributed by atoms with van der Waals surface area (Å²) < 4.78 is 2.48. The fourth-order valence-corrected chi connectivity index (χ4v) is 3.05. The summed E-state index contributed by atoms with van der Waals surface area (Å²) in [7, 11) is 0. The van der Waals surface area contributed by atoms with E-state index >= 15 is 0 Å². The Kier molecular flexibility index (Phi) is 3.07. The first-order valence-electron chi connectivity index (χ1n) is 5.54. The molecule has 3 rings (SSSR count). The molecule has 0 aliphatic carbocycles. The highest BCUT2D eigenvalue weighted by Gasteiger charge is 2.14. The maximum atomic E-state index is 11.3. The van der Waals surface area contributed by atoms with Gasteiger partial charge in [-0.1, -0.05) is 23.1 Å². The van der Waals surface area contributed by atoms with Gasteiger partial charge in [0.2, 0.25) is 0 Å². The molecule has 0 aliphatic rings. The topological polar surface area (TPSA) is 112 Å². The van der Waals surface area contributed by atoms with Crippen LogP contribution in [-0.4, -0.2) is 32.0 Å². The third-order valence-corrected chi connectivity index (χ3v) is 4.72. The molecule has 0 saturated heterocycles. The van der Waals surface area contributed by atoms with Crippen molar-refractivity contribution in [2.75, 3.05) is 12.0 Å². The lowest BCUT2D eigenvalue weighted by molar-refractivity contribution is 0.100. The monoisotopic (exact) mass is 306 g/mol. The average molecular weight is 306 g/mol. The van der Waals surface area contributed by atoms with Crippen molar-refractivity contribution in [3.05, 3.63) is 24.0 Å². The first kappa shape index (κ1) is 12.9. The molecule has 3 aromatic heterocycles. The van der Waals surface area contributed by atoms with Crippen molar-refractivity contribution in [1.29, 1.82) is 0 Å². The summed E-state index contributed by atoms with van der Waals surface area (Å²) in [5.74, 6) is -0.596. The van der Waals surface area contributed by atoms with Gasteiger partial charge in [0.25, 0.3) is 5.91 Å². The SMILES string of the molecule is CSc1nnc(-c2cc3c(N)c(C(N)=O)cnn3c2)s1. The quantitative estimate of drug-likeness (QED) is 0.704. The van der Waals surface area contributed by atoms with E-state index in [0.29, 0.717) is 11.2 Å². The van der Waals surface area contributed by atoms with E-state index in [1.807, 2.05) is 12.3 Å². The van der Waals surface area contributed by atoms with Crippen LogP contribution in [0.5, 0.6) is 0 Å². The number of thioether (sulfide) groups is 1. The van der Waals surface area contributed by atoms with E-state index in [-0.39, 0.29) is 5.56 Å². The normalized spacial score (nSPS) is 11.1. The molecule has 0 fully saturated rings. The Morgan fingerprint density at radius 2 is 2.25 bits per heavy atom. The number of rotatable bonds is 3. The van der Waals surface area contributed by atoms with Gasteiger partial charge in [-0.2, -0.15) is 5.10 Å². The summed E-state index contributed by atoms with van der Waals surface area (Å²) >= 11 is 3.02. The highest BCUT2D eigenvalue weighted by molar-refractivity contribution is 8.00. The maximum Gasteiger partial charge on any atom is 0.252 e. The molecule has 9 heteroatoms. The molecular formula is C11H10N6OS2. The van der Waals surface area contributed by atoms with Crippen molar-refractivity contribution in [3.8, 4) is 10.6 Å². The van der Waals surface area contributed by atoms with Crippen molar-refractivity contribution in [1.82, 2.24) is 19.8 Å². The van der Waals surface area contributed by atoms with Gasteiger partial charge in [0, 0.05) is 11.8 Å². The lowest BCUT2D eigenvalue weighted by Gasteiger charge is -2.02. The summed E-state index contributed by atoms with van der Waals surface area (Å²) in [6.45, 7) is 0. The molecule has 0 bridgehead atoms. The molecule has 0 aliphatic heterocycles. The van der Waals surface area contributed by atoms with Gasteiger partial charge in [-0.25, -0.2) is 4.52 Å². The highest BCUT2D eigenvalue weighted by atomic mass is 32.2. The molecule has 7 nitrogen and oxygen atoms in total. The number of hydrogen-bond acceptors (Lipinski definition) is 7. The zero-order valence-corrected chi connectivity index (χ0v) is 12.0. The summed E-state index contributed by atoms with van der Waals surface area (Å²) in [6, 6.07) is 1.82. The minimum Gasteiger partial charge on any atom is -0.396 e. The molecule has 20 heavy (non-hydrogen) atoms. The molecule has 0 spiro atoms. The van der Waals surface area contributed by atoms with Crippen molar-refractivity contribution in [2.24, 2.45) is 5.73 Å². The van der Waals surface area contributed by atoms with Crippen LogP contribution < -0.4 is 11.5 Å². The number of aromatic nitrogens is 4. The van der Waals surface area contributed by atoms with E-state index < -0.39 is 5.91 Å². The summed E-state index contributed by atoms with van der Waals surface area (Å²) in [5.41, 5.74) is 13.2. The van der Waals surface area contributed by atoms with Crippen LogP contribution in [0.3, 0.4) is 0 Å². The van der Waals surface area contributed by atoms with Crippen molar-refractivity contribution in [3.63, 3.8) is 0 Å². The molecule has 102 valence electrons. The van der Waals surface area contributed by atoms with Crippen LogP contribution in [-0.2, 0) is 0 Å². The highest BCUT2D eigenvalue weighted by Crippen LogP contribution is 2.31. The Bertz CT molecular complexity index is 808. The molecule has 0 unspecified atom stereocenters. The summed E-state index contributed by atoms with van der Waals surface area (Å²) in [6.07, 6.45) is 5.10. The number of fused-ring (bicyclic) bond motifs is 1. The third-order valence-electron chi connectivity index (χ3n) is 2.77. The van der Waals surface area contributed by atoms with E-state index in [4.69, 9.17) is 11.5 Å². The number of hydrogen-bond donors (Lipinski definition) is 2. The van der Waals surface area contributed by atoms with E-state index in [9.17, 15) is 4.79 Å². The number of primary amides is 1. The Morgan fingerprint density at radius 1 is 1.45 bits per heavy atom. The summed E-state index contributed by atoms with van der Waals surface area (Å²) in [5, 5.41) is 13.1. The fourth-order valence-electron chi connectivity index (χ4n) is 1.80. The van der Waals surface area contributed by atoms with Gasteiger partial charge in [0.1, 0.15) is 5.01 Å². The largest absolute Gasteiger partial charge is 0.396 e. The molecular weight excluding hydrogens is 296 g/mol. The van der Waals surface area contributed by atoms with Gasteiger partial charge in [-0.05, 0) is 12.3 Å². The van der Waals surface area contributed by atoms with Gasteiger partial charge in [-0.15, -0.1) is 10.2 Å². The number of carbonyl (C=O) groups excluding carboxylic acids is 1. The third kappa shape index (κ3) is 2.00. The lowest BCUT2D eigenvalue weighted by atomic mass is 10.2. The van der Waals surface area contributed by atoms with E-state index in [0.717, 1.165) is 14.9 Å². The van der Waals surface area contributed by atoms with Crippen molar-refractivity contribution >= 4 is 40.2 Å². The Morgan fingerprint density at radius 3 is 2.90 bits per heavy atom. The molecule has 4 N–H and O–H groups in total. The Balaban J connectivity index is 2.15. The molecule has 0 radical (unpaired) electrons. The van der Waals surface area contributed by atoms with Crippen LogP contribution in [0.25, 0.3) is 16.1 Å². The smallest absolute Gasteiger partial charge is 0.252 e. The van der Waals surface area contributed by atoms with Crippen LogP contribution in [0.2, 0.25) is 0 Å². The van der Waals surface area contributed by atoms with Crippen LogP contribution >= 0.6 is 23.1 Å². The number of carbonyl (C=O) groups is 1. The van der Waals surface area contributed by atoms with Crippen molar-refractivity contribution < 1.29 is 4.79 Å². The van der Waals surface area contributed by atoms with Gasteiger partial charge in [-0.3, -0.25) is 4.79 Å². The van der Waals surface area contributed by atoms with Crippen LogP contribution in [0, 0.1) is 0 Å². The second-order valence-corrected chi connectivity index (χ2v) is 6.00. The number of nitrogens with zero attached hydrogens (tertiary/aromatic N) is 4. The summed E-state index contributed by atoms with van der Waals surface area (Å²) in [4.78, 5) is 11.3. The number of amides is 1. The molecule has 3 heterocycles. The average Bonchev–Trinajstić information content (AvgIpc) is 3.04. The minimum absolute atomic E-state index is 0.212. The molecule has 1 amide bonds. The van der Waals surface area contributed by atoms with Crippen LogP contribution in [0.4, 0.5) is 5.69 Å². The number of nitrogens with two attached hydrogens (primary N) is 2. The van der Waals surface area contributed by atoms with Gasteiger partial charge >= 0.3 is 0 Å². The predicted molar refractivity (Wildman–Crippen MR) is 78.8 cm³/mol. The number of anilines is 1. The van der Waals surface area contributed by atoms with Gasteiger partial charge in [0.05, 0.1) is 23.0 Å². The Labute approximate surface area is 122 Å². The zero-order valence-electron chi connectivity index (χ0n) is 10.4. The molecule has 0 atom stereocenters. The van der Waals surface area contributed by atoms with Crippen LogP contribution in [0.15, 0.2) is 22.8 Å². The first-order chi connectivity index (χ1) is 9.60. The van der Waals surface area contributed by atoms with Crippen molar-refractivity contribution in [2.45, 2.75) is 4.34 Å². The van der Waals surface area contributed by atoms with E-state index in [2.05, 4.69) is 15.3 Å². The molecule has 0 aromatic carbocycles. The fraction of sp³-hybridized carbons (Fsp3) is 0.0909. The van der Waals surface area contributed by atoms with Gasteiger partial charge in [0.15, 0.2) is 4.34 Å². The first-order valence-corrected chi connectivity index (χ1v) is 7.59. The number of nitrogen functional groups attached to an aromatic ring is 1. The molecule has 0 saturated carbocycles. The maximum absolute atomic E-state index is 11.3. The van der Waals surface area contributed by atoms with Crippen LogP contribution in [0.1, 0.15) is 10.4 Å². The Hall–Kier alpha value is -2.13. The lowest BCUT2D eigenvalue weighted by Crippen LogP contribution is -2.15. The van der Waals surface area contributed by atoms with Gasteiger partial charge < -0.3 is 11.5 Å². The van der Waals surface area contributed by atoms with E-state index in [1.54, 1.807) is 10.7 Å². The second-order valence-electron chi connectivity index (χ2n) is 3.97. The molecule has 3 aromatic rings. The zero-order chi connectivity index (χ0) is 14.3.